The Morgan fingerprint density at radius 3 is 2.47 bits per heavy atom. The summed E-state index contributed by atoms with van der Waals surface area (Å²) in [6.07, 6.45) is 8.67. The number of carboxylic acid groups (broad SMARTS) is 2. The summed E-state index contributed by atoms with van der Waals surface area (Å²) in [5, 5.41) is 16.7. The molecule has 4 rings (SSSR count). The third-order valence-corrected chi connectivity index (χ3v) is 5.54. The maximum Gasteiger partial charge on any atom is 0.328 e. The average molecular weight is 437 g/mol. The Labute approximate surface area is 185 Å². The second kappa shape index (κ2) is 10.6. The molecule has 0 unspecified atom stereocenters. The molecule has 32 heavy (non-hydrogen) atoms. The Kier molecular flexibility index (Phi) is 7.59. The van der Waals surface area contributed by atoms with E-state index in [2.05, 4.69) is 32.7 Å². The fraction of sp³-hybridized carbons (Fsp3) is 0.333. The lowest BCUT2D eigenvalue weighted by Crippen LogP contribution is -2.07. The van der Waals surface area contributed by atoms with Crippen LogP contribution in [0.2, 0.25) is 0 Å². The lowest BCUT2D eigenvalue weighted by Gasteiger charge is -2.07. The number of fused-ring (bicyclic) bond motifs is 3. The lowest BCUT2D eigenvalue weighted by molar-refractivity contribution is -0.134. The minimum absolute atomic E-state index is 0.254. The van der Waals surface area contributed by atoms with E-state index in [9.17, 15) is 14.4 Å². The Morgan fingerprint density at radius 1 is 1.09 bits per heavy atom. The number of hydrogen-bond acceptors (Lipinski definition) is 4. The summed E-state index contributed by atoms with van der Waals surface area (Å²) in [4.78, 5) is 39.6. The number of benzene rings is 1. The molecule has 1 aliphatic heterocycles. The van der Waals surface area contributed by atoms with E-state index in [1.54, 1.807) is 6.33 Å². The Hall–Kier alpha value is -3.68. The summed E-state index contributed by atoms with van der Waals surface area (Å²) in [6.45, 7) is 3.04. The molecule has 0 bridgehead atoms. The number of ketones is 1. The van der Waals surface area contributed by atoms with Gasteiger partial charge in [-0.25, -0.2) is 14.6 Å². The summed E-state index contributed by atoms with van der Waals surface area (Å²) >= 11 is 0. The van der Waals surface area contributed by atoms with Crippen molar-refractivity contribution in [1.82, 2.24) is 14.5 Å². The standard InChI is InChI=1S/C20H23N3O.C4H4O4/c1-14-16(22-13-21-14)10-11-19(24)20-15-7-4-5-8-17(15)23-12-6-2-3-9-18(20)23;5-3(6)1-2-4(7)8/h4-5,7-8,13H,2-3,6,9-12H2,1H3,(H,21,22);1-2H,(H,5,6)(H,7,8)/b;2-1-. The van der Waals surface area contributed by atoms with Crippen LogP contribution in [-0.2, 0) is 29.0 Å². The fourth-order valence-electron chi connectivity index (χ4n) is 4.06. The molecule has 0 fully saturated rings. The van der Waals surface area contributed by atoms with Crippen LogP contribution in [0.1, 0.15) is 53.1 Å². The maximum atomic E-state index is 13.1. The first-order chi connectivity index (χ1) is 15.4. The third kappa shape index (κ3) is 5.51. The van der Waals surface area contributed by atoms with E-state index in [0.29, 0.717) is 25.0 Å². The van der Waals surface area contributed by atoms with Gasteiger partial charge in [-0.1, -0.05) is 24.6 Å². The summed E-state index contributed by atoms with van der Waals surface area (Å²) in [5.74, 6) is -2.26. The summed E-state index contributed by atoms with van der Waals surface area (Å²) in [6, 6.07) is 8.36. The van der Waals surface area contributed by atoms with Gasteiger partial charge < -0.3 is 19.8 Å². The van der Waals surface area contributed by atoms with Gasteiger partial charge in [-0.2, -0.15) is 0 Å². The first kappa shape index (κ1) is 23.0. The van der Waals surface area contributed by atoms with E-state index in [1.807, 2.05) is 13.0 Å². The number of imidazole rings is 1. The number of aromatic nitrogens is 3. The monoisotopic (exact) mass is 437 g/mol. The van der Waals surface area contributed by atoms with Gasteiger partial charge in [0.2, 0.25) is 0 Å². The molecule has 1 aromatic carbocycles. The third-order valence-electron chi connectivity index (χ3n) is 5.54. The minimum Gasteiger partial charge on any atom is -0.478 e. The van der Waals surface area contributed by atoms with Crippen LogP contribution in [-0.4, -0.2) is 42.5 Å². The number of carbonyl (C=O) groups is 3. The van der Waals surface area contributed by atoms with E-state index in [-0.39, 0.29) is 5.78 Å². The highest BCUT2D eigenvalue weighted by Crippen LogP contribution is 2.31. The number of para-hydroxylation sites is 1. The number of nitrogens with zero attached hydrogens (tertiary/aromatic N) is 2. The molecule has 0 atom stereocenters. The summed E-state index contributed by atoms with van der Waals surface area (Å²) in [7, 11) is 0. The van der Waals surface area contributed by atoms with E-state index in [0.717, 1.165) is 35.3 Å². The zero-order valence-corrected chi connectivity index (χ0v) is 18.0. The van der Waals surface area contributed by atoms with Crippen LogP contribution in [0, 0.1) is 6.92 Å². The Bertz CT molecular complexity index is 1140. The van der Waals surface area contributed by atoms with Crippen molar-refractivity contribution in [3.8, 4) is 0 Å². The molecule has 2 aromatic heterocycles. The van der Waals surface area contributed by atoms with Crippen molar-refractivity contribution in [2.45, 2.75) is 52.0 Å². The number of carboxylic acids is 2. The highest BCUT2D eigenvalue weighted by molar-refractivity contribution is 6.09. The normalized spacial score (nSPS) is 13.3. The van der Waals surface area contributed by atoms with Crippen molar-refractivity contribution in [2.24, 2.45) is 0 Å². The van der Waals surface area contributed by atoms with Crippen LogP contribution in [0.15, 0.2) is 42.7 Å². The van der Waals surface area contributed by atoms with Gasteiger partial charge in [-0.15, -0.1) is 0 Å². The van der Waals surface area contributed by atoms with Gasteiger partial charge in [0.05, 0.1) is 12.0 Å². The van der Waals surface area contributed by atoms with Crippen molar-refractivity contribution >= 4 is 28.6 Å². The number of rotatable bonds is 6. The topological polar surface area (TPSA) is 125 Å². The van der Waals surface area contributed by atoms with Crippen molar-refractivity contribution in [1.29, 1.82) is 0 Å². The maximum absolute atomic E-state index is 13.1. The van der Waals surface area contributed by atoms with Crippen LogP contribution >= 0.6 is 0 Å². The van der Waals surface area contributed by atoms with Crippen LogP contribution in [0.25, 0.3) is 10.9 Å². The van der Waals surface area contributed by atoms with E-state index >= 15 is 0 Å². The van der Waals surface area contributed by atoms with Gasteiger partial charge in [-0.3, -0.25) is 4.79 Å². The number of H-pyrrole nitrogens is 1. The number of hydrogen-bond donors (Lipinski definition) is 3. The quantitative estimate of drug-likeness (QED) is 0.396. The molecule has 1 aliphatic rings. The minimum atomic E-state index is -1.26. The molecular weight excluding hydrogens is 410 g/mol. The van der Waals surface area contributed by atoms with Gasteiger partial charge in [0.25, 0.3) is 0 Å². The first-order valence-electron chi connectivity index (χ1n) is 10.6. The molecule has 0 amide bonds. The molecule has 0 saturated carbocycles. The van der Waals surface area contributed by atoms with E-state index in [4.69, 9.17) is 10.2 Å². The summed E-state index contributed by atoms with van der Waals surface area (Å²) < 4.78 is 2.38. The summed E-state index contributed by atoms with van der Waals surface area (Å²) in [5.41, 5.74) is 5.48. The van der Waals surface area contributed by atoms with Crippen molar-refractivity contribution < 1.29 is 24.6 Å². The van der Waals surface area contributed by atoms with Crippen molar-refractivity contribution in [3.63, 3.8) is 0 Å². The molecule has 3 heterocycles. The molecule has 8 heteroatoms. The van der Waals surface area contributed by atoms with Crippen LogP contribution < -0.4 is 0 Å². The van der Waals surface area contributed by atoms with Crippen LogP contribution in [0.3, 0.4) is 0 Å². The number of aromatic amines is 1. The highest BCUT2D eigenvalue weighted by atomic mass is 16.4. The second-order valence-corrected chi connectivity index (χ2v) is 7.71. The zero-order valence-electron chi connectivity index (χ0n) is 18.0. The van der Waals surface area contributed by atoms with Gasteiger partial charge in [0, 0.05) is 53.0 Å². The predicted molar refractivity (Wildman–Crippen MR) is 120 cm³/mol. The molecule has 3 N–H and O–H groups in total. The molecule has 0 spiro atoms. The lowest BCUT2D eigenvalue weighted by atomic mass is 9.99. The van der Waals surface area contributed by atoms with Gasteiger partial charge in [0.15, 0.2) is 5.78 Å². The van der Waals surface area contributed by atoms with Gasteiger partial charge >= 0.3 is 11.9 Å². The number of aryl methyl sites for hydroxylation is 3. The number of aliphatic carboxylic acids is 2. The van der Waals surface area contributed by atoms with E-state index < -0.39 is 11.9 Å². The smallest absolute Gasteiger partial charge is 0.328 e. The van der Waals surface area contributed by atoms with Gasteiger partial charge in [0.1, 0.15) is 0 Å². The molecule has 0 radical (unpaired) electrons. The fourth-order valence-corrected chi connectivity index (χ4v) is 4.06. The van der Waals surface area contributed by atoms with Crippen molar-refractivity contribution in [2.75, 3.05) is 0 Å². The molecule has 3 aromatic rings. The van der Waals surface area contributed by atoms with Gasteiger partial charge in [-0.05, 0) is 38.7 Å². The molecular formula is C24H27N3O5. The predicted octanol–water partition coefficient (Wildman–Crippen LogP) is 3.93. The zero-order chi connectivity index (χ0) is 23.1. The average Bonchev–Trinajstić information content (AvgIpc) is 3.22. The molecule has 0 aliphatic carbocycles. The largest absolute Gasteiger partial charge is 0.478 e. The van der Waals surface area contributed by atoms with Crippen LogP contribution in [0.4, 0.5) is 0 Å². The van der Waals surface area contributed by atoms with Crippen LogP contribution in [0.5, 0.6) is 0 Å². The Balaban J connectivity index is 0.000000312. The Morgan fingerprint density at radius 2 is 1.81 bits per heavy atom. The number of carbonyl (C=O) groups excluding carboxylic acids is 1. The SMILES string of the molecule is Cc1[nH]cnc1CCC(=O)c1c2n(c3ccccc13)CCCCC2.O=C(O)/C=C\C(=O)O. The van der Waals surface area contributed by atoms with E-state index in [1.165, 1.54) is 30.5 Å². The number of Topliss-reactive ketones (excluding diaryl/α,β-unsaturated/α-hetero) is 1. The second-order valence-electron chi connectivity index (χ2n) is 7.71. The highest BCUT2D eigenvalue weighted by Gasteiger charge is 2.23. The molecule has 168 valence electrons. The van der Waals surface area contributed by atoms with Crippen molar-refractivity contribution in [3.05, 3.63) is 65.4 Å². The first-order valence-corrected chi connectivity index (χ1v) is 10.6. The number of nitrogens with one attached hydrogen (secondary N) is 1. The molecule has 0 saturated heterocycles. The molecule has 8 nitrogen and oxygen atoms in total.